The van der Waals surface area contributed by atoms with Gasteiger partial charge in [0.25, 0.3) is 17.5 Å². The number of anilines is 2. The van der Waals surface area contributed by atoms with E-state index in [1.165, 1.54) is 23.9 Å². The molecule has 0 saturated heterocycles. The Balaban J connectivity index is 1.39. The summed E-state index contributed by atoms with van der Waals surface area (Å²) < 4.78 is 0. The van der Waals surface area contributed by atoms with Crippen LogP contribution < -0.4 is 16.0 Å². The lowest BCUT2D eigenvalue weighted by atomic mass is 10.1. The van der Waals surface area contributed by atoms with Gasteiger partial charge in [0, 0.05) is 28.3 Å². The molecule has 10 heteroatoms. The third kappa shape index (κ3) is 8.83. The highest BCUT2D eigenvalue weighted by Crippen LogP contribution is 2.37. The number of carbonyl (C=O) groups excluding carboxylic acids is 3. The molecule has 3 amide bonds. The average molecular weight is 657 g/mol. The standard InChI is InChI=1S/C38H32N4O5S/c1-25-11-9-12-27(21-25)22-34(41-36(43)29-15-7-4-8-16-29)37(44)39-30-17-10-18-32(23-30)48-35(28-13-5-3-6-14-28)38(45)40-33-24-31(42(46)47)20-19-26(33)2/h3-24,35H,1-2H3,(H,39,44)(H,40,45)(H,41,43)/b34-22+. The van der Waals surface area contributed by atoms with E-state index in [9.17, 15) is 24.5 Å². The molecule has 0 spiro atoms. The van der Waals surface area contributed by atoms with Gasteiger partial charge >= 0.3 is 0 Å². The molecule has 5 aromatic carbocycles. The summed E-state index contributed by atoms with van der Waals surface area (Å²) in [6.45, 7) is 3.71. The number of hydrogen-bond donors (Lipinski definition) is 3. The molecular formula is C38H32N4O5S. The number of nitro benzene ring substituents is 1. The molecule has 0 aliphatic rings. The number of hydrogen-bond acceptors (Lipinski definition) is 6. The molecule has 3 N–H and O–H groups in total. The number of nitrogens with one attached hydrogen (secondary N) is 3. The van der Waals surface area contributed by atoms with Crippen molar-refractivity contribution in [1.82, 2.24) is 5.32 Å². The van der Waals surface area contributed by atoms with Gasteiger partial charge in [-0.2, -0.15) is 0 Å². The fourth-order valence-electron chi connectivity index (χ4n) is 4.81. The summed E-state index contributed by atoms with van der Waals surface area (Å²) in [7, 11) is 0. The molecule has 9 nitrogen and oxygen atoms in total. The smallest absolute Gasteiger partial charge is 0.272 e. The Bertz CT molecular complexity index is 2000. The molecule has 1 unspecified atom stereocenters. The first-order chi connectivity index (χ1) is 23.2. The fourth-order valence-corrected chi connectivity index (χ4v) is 5.89. The molecule has 0 aliphatic heterocycles. The van der Waals surface area contributed by atoms with E-state index in [4.69, 9.17) is 0 Å². The van der Waals surface area contributed by atoms with E-state index in [2.05, 4.69) is 16.0 Å². The number of nitrogens with zero attached hydrogens (tertiary/aromatic N) is 1. The molecule has 0 saturated carbocycles. The van der Waals surface area contributed by atoms with Gasteiger partial charge in [0.05, 0.1) is 10.6 Å². The van der Waals surface area contributed by atoms with Crippen molar-refractivity contribution >= 4 is 52.6 Å². The van der Waals surface area contributed by atoms with E-state index >= 15 is 0 Å². The van der Waals surface area contributed by atoms with Crippen LogP contribution in [0.4, 0.5) is 17.1 Å². The summed E-state index contributed by atoms with van der Waals surface area (Å²) in [4.78, 5) is 51.9. The van der Waals surface area contributed by atoms with Crippen LogP contribution in [0.1, 0.15) is 37.9 Å². The summed E-state index contributed by atoms with van der Waals surface area (Å²) in [5.41, 5.74) is 4.30. The summed E-state index contributed by atoms with van der Waals surface area (Å²) in [6, 6.07) is 36.7. The van der Waals surface area contributed by atoms with Crippen molar-refractivity contribution in [2.24, 2.45) is 0 Å². The lowest BCUT2D eigenvalue weighted by Crippen LogP contribution is -2.30. The normalized spacial score (nSPS) is 11.7. The van der Waals surface area contributed by atoms with Crippen molar-refractivity contribution < 1.29 is 19.3 Å². The van der Waals surface area contributed by atoms with E-state index in [-0.39, 0.29) is 17.3 Å². The molecule has 1 atom stereocenters. The highest BCUT2D eigenvalue weighted by molar-refractivity contribution is 8.00. The summed E-state index contributed by atoms with van der Waals surface area (Å²) in [5.74, 6) is -1.32. The lowest BCUT2D eigenvalue weighted by Gasteiger charge is -2.18. The molecule has 0 radical (unpaired) electrons. The van der Waals surface area contributed by atoms with Crippen LogP contribution in [0.25, 0.3) is 6.08 Å². The number of nitro groups is 1. The van der Waals surface area contributed by atoms with Crippen molar-refractivity contribution in [2.45, 2.75) is 24.0 Å². The first-order valence-electron chi connectivity index (χ1n) is 15.0. The number of aryl methyl sites for hydroxylation is 2. The molecule has 5 aromatic rings. The second-order valence-corrected chi connectivity index (χ2v) is 12.1. The van der Waals surface area contributed by atoms with Crippen LogP contribution in [-0.4, -0.2) is 22.6 Å². The van der Waals surface area contributed by atoms with Gasteiger partial charge < -0.3 is 16.0 Å². The van der Waals surface area contributed by atoms with Crippen LogP contribution in [0.3, 0.4) is 0 Å². The number of amides is 3. The third-order valence-corrected chi connectivity index (χ3v) is 8.51. The van der Waals surface area contributed by atoms with Crippen LogP contribution in [0, 0.1) is 24.0 Å². The predicted octanol–water partition coefficient (Wildman–Crippen LogP) is 8.09. The quantitative estimate of drug-likeness (QED) is 0.0570. The highest BCUT2D eigenvalue weighted by Gasteiger charge is 2.24. The van der Waals surface area contributed by atoms with Gasteiger partial charge in [-0.15, -0.1) is 11.8 Å². The van der Waals surface area contributed by atoms with Gasteiger partial charge in [0.1, 0.15) is 10.9 Å². The number of carbonyl (C=O) groups is 3. The van der Waals surface area contributed by atoms with Crippen molar-refractivity contribution in [2.75, 3.05) is 10.6 Å². The minimum atomic E-state index is -0.724. The van der Waals surface area contributed by atoms with E-state index in [1.807, 2.05) is 67.6 Å². The van der Waals surface area contributed by atoms with Gasteiger partial charge in [-0.3, -0.25) is 24.5 Å². The average Bonchev–Trinajstić information content (AvgIpc) is 3.08. The Morgan fingerprint density at radius 1 is 0.771 bits per heavy atom. The predicted molar refractivity (Wildman–Crippen MR) is 190 cm³/mol. The van der Waals surface area contributed by atoms with E-state index < -0.39 is 22.0 Å². The maximum Gasteiger partial charge on any atom is 0.272 e. The van der Waals surface area contributed by atoms with Crippen molar-refractivity contribution in [3.05, 3.63) is 171 Å². The minimum absolute atomic E-state index is 0.0568. The zero-order valence-corrected chi connectivity index (χ0v) is 27.0. The van der Waals surface area contributed by atoms with E-state index in [1.54, 1.807) is 67.6 Å². The maximum atomic E-state index is 13.7. The number of benzene rings is 5. The number of rotatable bonds is 11. The highest BCUT2D eigenvalue weighted by atomic mass is 32.2. The van der Waals surface area contributed by atoms with Gasteiger partial charge in [-0.25, -0.2) is 0 Å². The summed E-state index contributed by atoms with van der Waals surface area (Å²) in [5, 5.41) is 19.1. The Morgan fingerprint density at radius 3 is 2.19 bits per heavy atom. The lowest BCUT2D eigenvalue weighted by molar-refractivity contribution is -0.384. The topological polar surface area (TPSA) is 130 Å². The van der Waals surface area contributed by atoms with Crippen LogP contribution in [0.15, 0.2) is 138 Å². The molecule has 0 aromatic heterocycles. The van der Waals surface area contributed by atoms with E-state index in [0.29, 0.717) is 27.4 Å². The van der Waals surface area contributed by atoms with E-state index in [0.717, 1.165) is 16.7 Å². The first-order valence-corrected chi connectivity index (χ1v) is 15.9. The molecule has 48 heavy (non-hydrogen) atoms. The largest absolute Gasteiger partial charge is 0.324 e. The van der Waals surface area contributed by atoms with Crippen molar-refractivity contribution in [3.63, 3.8) is 0 Å². The minimum Gasteiger partial charge on any atom is -0.324 e. The monoisotopic (exact) mass is 656 g/mol. The van der Waals surface area contributed by atoms with Crippen LogP contribution in [-0.2, 0) is 9.59 Å². The first kappa shape index (κ1) is 33.4. The van der Waals surface area contributed by atoms with Gasteiger partial charge in [-0.1, -0.05) is 90.5 Å². The zero-order valence-electron chi connectivity index (χ0n) is 26.2. The van der Waals surface area contributed by atoms with Gasteiger partial charge in [0.2, 0.25) is 5.91 Å². The van der Waals surface area contributed by atoms with Crippen molar-refractivity contribution in [3.8, 4) is 0 Å². The number of thioether (sulfide) groups is 1. The maximum absolute atomic E-state index is 13.7. The molecule has 0 fully saturated rings. The van der Waals surface area contributed by atoms with Crippen LogP contribution in [0.2, 0.25) is 0 Å². The third-order valence-electron chi connectivity index (χ3n) is 7.26. The summed E-state index contributed by atoms with van der Waals surface area (Å²) in [6.07, 6.45) is 1.62. The second-order valence-electron chi connectivity index (χ2n) is 10.9. The van der Waals surface area contributed by atoms with Crippen molar-refractivity contribution in [1.29, 1.82) is 0 Å². The van der Waals surface area contributed by atoms with Crippen LogP contribution >= 0.6 is 11.8 Å². The SMILES string of the molecule is Cc1cccc(/C=C(/NC(=O)c2ccccc2)C(=O)Nc2cccc(SC(C(=O)Nc3cc([N+](=O)[O-])ccc3C)c3ccccc3)c2)c1. The molecule has 0 bridgehead atoms. The zero-order chi connectivity index (χ0) is 34.0. The molecule has 5 rings (SSSR count). The number of non-ortho nitro benzene ring substituents is 1. The fraction of sp³-hybridized carbons (Fsp3) is 0.0789. The Hall–Kier alpha value is -6.00. The Morgan fingerprint density at radius 2 is 1.48 bits per heavy atom. The molecule has 0 heterocycles. The van der Waals surface area contributed by atoms with Gasteiger partial charge in [0.15, 0.2) is 0 Å². The second kappa shape index (κ2) is 15.5. The molecular weight excluding hydrogens is 625 g/mol. The summed E-state index contributed by atoms with van der Waals surface area (Å²) >= 11 is 1.27. The molecule has 0 aliphatic carbocycles. The Kier molecular flexibility index (Phi) is 10.8. The Labute approximate surface area is 282 Å². The van der Waals surface area contributed by atoms with Crippen LogP contribution in [0.5, 0.6) is 0 Å². The molecule has 240 valence electrons. The van der Waals surface area contributed by atoms with Gasteiger partial charge in [-0.05, 0) is 66.9 Å².